The number of nitrogens with zero attached hydrogens (tertiary/aromatic N) is 1. The highest BCUT2D eigenvalue weighted by molar-refractivity contribution is 6.32. The molecule has 0 amide bonds. The molecule has 0 bridgehead atoms. The van der Waals surface area contributed by atoms with Crippen LogP contribution in [-0.2, 0) is 0 Å². The molecule has 2 aliphatic rings. The van der Waals surface area contributed by atoms with Gasteiger partial charge in [0.25, 0.3) is 0 Å². The van der Waals surface area contributed by atoms with E-state index in [0.29, 0.717) is 16.6 Å². The highest BCUT2D eigenvalue weighted by Gasteiger charge is 2.40. The van der Waals surface area contributed by atoms with Crippen LogP contribution in [0.2, 0.25) is 5.02 Å². The Hall–Kier alpha value is -0.800. The Balaban J connectivity index is 1.67. The van der Waals surface area contributed by atoms with Crippen LogP contribution in [0.15, 0.2) is 18.3 Å². The Morgan fingerprint density at radius 3 is 3.06 bits per heavy atom. The van der Waals surface area contributed by atoms with Crippen molar-refractivity contribution in [2.24, 2.45) is 0 Å². The molecule has 1 atom stereocenters. The van der Waals surface area contributed by atoms with Gasteiger partial charge in [0, 0.05) is 17.8 Å². The lowest BCUT2D eigenvalue weighted by atomic mass is 9.70. The van der Waals surface area contributed by atoms with Crippen molar-refractivity contribution in [1.82, 2.24) is 10.3 Å². The number of anilines is 1. The molecular weight excluding hydrogens is 234 g/mol. The van der Waals surface area contributed by atoms with E-state index < -0.39 is 0 Å². The average Bonchev–Trinajstić information content (AvgIpc) is 2.31. The third-order valence-electron chi connectivity index (χ3n) is 4.04. The third-order valence-corrected chi connectivity index (χ3v) is 4.34. The molecule has 0 aromatic carbocycles. The molecule has 3 rings (SSSR count). The molecule has 1 aliphatic carbocycles. The average molecular weight is 252 g/mol. The topological polar surface area (TPSA) is 37.0 Å². The summed E-state index contributed by atoms with van der Waals surface area (Å²) in [5.74, 6) is 0.829. The van der Waals surface area contributed by atoms with E-state index >= 15 is 0 Å². The second kappa shape index (κ2) is 4.46. The van der Waals surface area contributed by atoms with Crippen LogP contribution in [-0.4, -0.2) is 23.1 Å². The van der Waals surface area contributed by atoms with Gasteiger partial charge in [0.1, 0.15) is 5.82 Å². The van der Waals surface area contributed by atoms with Gasteiger partial charge in [0.05, 0.1) is 5.02 Å². The van der Waals surface area contributed by atoms with Crippen LogP contribution in [0.3, 0.4) is 0 Å². The van der Waals surface area contributed by atoms with Crippen LogP contribution in [0.1, 0.15) is 32.1 Å². The van der Waals surface area contributed by atoms with Gasteiger partial charge in [-0.3, -0.25) is 0 Å². The maximum absolute atomic E-state index is 6.12. The van der Waals surface area contributed by atoms with Gasteiger partial charge in [-0.05, 0) is 50.8 Å². The molecule has 1 aromatic heterocycles. The predicted molar refractivity (Wildman–Crippen MR) is 70.5 cm³/mol. The van der Waals surface area contributed by atoms with Gasteiger partial charge in [-0.2, -0.15) is 0 Å². The minimum absolute atomic E-state index is 0.414. The van der Waals surface area contributed by atoms with Crippen LogP contribution in [0.25, 0.3) is 0 Å². The number of pyridine rings is 1. The van der Waals surface area contributed by atoms with E-state index in [4.69, 9.17) is 11.6 Å². The van der Waals surface area contributed by atoms with Crippen molar-refractivity contribution in [3.8, 4) is 0 Å². The largest absolute Gasteiger partial charge is 0.366 e. The molecule has 1 spiro atoms. The zero-order valence-electron chi connectivity index (χ0n) is 9.88. The van der Waals surface area contributed by atoms with Crippen LogP contribution in [0.4, 0.5) is 5.82 Å². The highest BCUT2D eigenvalue weighted by atomic mass is 35.5. The van der Waals surface area contributed by atoms with Crippen molar-refractivity contribution < 1.29 is 0 Å². The first kappa shape index (κ1) is 11.3. The Labute approximate surface area is 107 Å². The van der Waals surface area contributed by atoms with Crippen molar-refractivity contribution in [2.75, 3.05) is 11.9 Å². The normalized spacial score (nSPS) is 26.5. The number of hydrogen-bond donors (Lipinski definition) is 2. The molecule has 1 aliphatic heterocycles. The number of piperidine rings is 1. The Morgan fingerprint density at radius 1 is 1.47 bits per heavy atom. The molecule has 1 saturated carbocycles. The number of nitrogens with one attached hydrogen (secondary N) is 2. The summed E-state index contributed by atoms with van der Waals surface area (Å²) in [5, 5.41) is 7.87. The minimum atomic E-state index is 0.414. The predicted octanol–water partition coefficient (Wildman–Crippen LogP) is 2.82. The fraction of sp³-hybridized carbons (Fsp3) is 0.615. The molecule has 0 radical (unpaired) electrons. The van der Waals surface area contributed by atoms with Gasteiger partial charge in [-0.25, -0.2) is 4.98 Å². The minimum Gasteiger partial charge on any atom is -0.366 e. The van der Waals surface area contributed by atoms with E-state index in [0.717, 1.165) is 18.8 Å². The van der Waals surface area contributed by atoms with E-state index in [9.17, 15) is 0 Å². The molecule has 1 aromatic rings. The summed E-state index contributed by atoms with van der Waals surface area (Å²) in [4.78, 5) is 4.30. The molecule has 17 heavy (non-hydrogen) atoms. The summed E-state index contributed by atoms with van der Waals surface area (Å²) >= 11 is 6.12. The molecule has 3 nitrogen and oxygen atoms in total. The van der Waals surface area contributed by atoms with Crippen molar-refractivity contribution in [3.63, 3.8) is 0 Å². The summed E-state index contributed by atoms with van der Waals surface area (Å²) in [6, 6.07) is 4.25. The van der Waals surface area contributed by atoms with E-state index in [-0.39, 0.29) is 0 Å². The highest BCUT2D eigenvalue weighted by Crippen LogP contribution is 2.39. The number of hydrogen-bond acceptors (Lipinski definition) is 3. The van der Waals surface area contributed by atoms with E-state index in [2.05, 4.69) is 15.6 Å². The second-order valence-electron chi connectivity index (χ2n) is 5.23. The van der Waals surface area contributed by atoms with E-state index in [1.165, 1.54) is 25.7 Å². The van der Waals surface area contributed by atoms with E-state index in [1.807, 2.05) is 12.1 Å². The van der Waals surface area contributed by atoms with Crippen molar-refractivity contribution in [2.45, 2.75) is 43.7 Å². The molecule has 2 heterocycles. The molecular formula is C13H18ClN3. The smallest absolute Gasteiger partial charge is 0.144 e. The lowest BCUT2D eigenvalue weighted by Gasteiger charge is -2.48. The van der Waals surface area contributed by atoms with Crippen molar-refractivity contribution >= 4 is 17.4 Å². The molecule has 1 saturated heterocycles. The van der Waals surface area contributed by atoms with Crippen LogP contribution in [0.5, 0.6) is 0 Å². The first-order valence-corrected chi connectivity index (χ1v) is 6.77. The van der Waals surface area contributed by atoms with Gasteiger partial charge in [0.15, 0.2) is 0 Å². The molecule has 4 heteroatoms. The third kappa shape index (κ3) is 2.26. The summed E-state index contributed by atoms with van der Waals surface area (Å²) < 4.78 is 0. The zero-order valence-corrected chi connectivity index (χ0v) is 10.6. The van der Waals surface area contributed by atoms with Gasteiger partial charge in [0.2, 0.25) is 0 Å². The number of halogens is 1. The Bertz CT molecular complexity index is 403. The molecule has 1 unspecified atom stereocenters. The second-order valence-corrected chi connectivity index (χ2v) is 5.64. The maximum Gasteiger partial charge on any atom is 0.144 e. The Kier molecular flexibility index (Phi) is 2.97. The van der Waals surface area contributed by atoms with Gasteiger partial charge >= 0.3 is 0 Å². The SMILES string of the molecule is Clc1cccnc1NC1CCNC2(CCC2)C1. The first-order chi connectivity index (χ1) is 8.27. The maximum atomic E-state index is 6.12. The first-order valence-electron chi connectivity index (χ1n) is 6.40. The van der Waals surface area contributed by atoms with Crippen LogP contribution < -0.4 is 10.6 Å². The van der Waals surface area contributed by atoms with Gasteiger partial charge in [-0.1, -0.05) is 11.6 Å². The van der Waals surface area contributed by atoms with Gasteiger partial charge < -0.3 is 10.6 Å². The van der Waals surface area contributed by atoms with Crippen molar-refractivity contribution in [3.05, 3.63) is 23.4 Å². The monoisotopic (exact) mass is 251 g/mol. The zero-order chi connectivity index (χ0) is 11.7. The number of rotatable bonds is 2. The summed E-state index contributed by atoms with van der Waals surface area (Å²) in [6.45, 7) is 1.10. The molecule has 92 valence electrons. The molecule has 2 N–H and O–H groups in total. The fourth-order valence-electron chi connectivity index (χ4n) is 2.95. The lowest BCUT2D eigenvalue weighted by Crippen LogP contribution is -2.58. The van der Waals surface area contributed by atoms with Crippen LogP contribution >= 0.6 is 11.6 Å². The fourth-order valence-corrected chi connectivity index (χ4v) is 3.13. The quantitative estimate of drug-likeness (QED) is 0.849. The van der Waals surface area contributed by atoms with Crippen LogP contribution in [0, 0.1) is 0 Å². The number of aromatic nitrogens is 1. The van der Waals surface area contributed by atoms with Crippen molar-refractivity contribution in [1.29, 1.82) is 0 Å². The molecule has 2 fully saturated rings. The standard InChI is InChI=1S/C13H18ClN3/c14-11-3-1-7-15-12(11)17-10-4-8-16-13(9-10)5-2-6-13/h1,3,7,10,16H,2,4-6,8-9H2,(H,15,17). The van der Waals surface area contributed by atoms with Gasteiger partial charge in [-0.15, -0.1) is 0 Å². The Morgan fingerprint density at radius 2 is 2.35 bits per heavy atom. The van der Waals surface area contributed by atoms with E-state index in [1.54, 1.807) is 6.20 Å². The summed E-state index contributed by atoms with van der Waals surface area (Å²) in [5.41, 5.74) is 0.414. The lowest BCUT2D eigenvalue weighted by molar-refractivity contribution is 0.135. The summed E-state index contributed by atoms with van der Waals surface area (Å²) in [6.07, 6.45) is 8.13. The summed E-state index contributed by atoms with van der Waals surface area (Å²) in [7, 11) is 0.